The van der Waals surface area contributed by atoms with Crippen LogP contribution >= 0.6 is 0 Å². The Morgan fingerprint density at radius 2 is 1.84 bits per heavy atom. The third-order valence-electron chi connectivity index (χ3n) is 7.09. The van der Waals surface area contributed by atoms with E-state index in [1.54, 1.807) is 11.7 Å². The fraction of sp³-hybridized carbons (Fsp3) is 0.346. The van der Waals surface area contributed by atoms with Crippen LogP contribution in [0.5, 0.6) is 5.75 Å². The number of hydrogen-bond donors (Lipinski definition) is 4. The van der Waals surface area contributed by atoms with E-state index in [0.29, 0.717) is 30.8 Å². The molecule has 5 N–H and O–H groups in total. The van der Waals surface area contributed by atoms with Crippen LogP contribution in [0.1, 0.15) is 11.8 Å². The number of anilines is 1. The SMILES string of the molecule is COc1ccc2c3ccc(C)cc3n(CCNCC3OC(n4cnc5c(N)ncnc54)C(O)C3O)c2c1. The van der Waals surface area contributed by atoms with Gasteiger partial charge in [-0.05, 0) is 30.7 Å². The quantitative estimate of drug-likeness (QED) is 0.244. The highest BCUT2D eigenvalue weighted by atomic mass is 16.6. The Morgan fingerprint density at radius 1 is 1.05 bits per heavy atom. The van der Waals surface area contributed by atoms with E-state index in [4.69, 9.17) is 15.2 Å². The topological polar surface area (TPSA) is 146 Å². The predicted molar refractivity (Wildman–Crippen MR) is 139 cm³/mol. The molecule has 4 atom stereocenters. The molecule has 192 valence electrons. The van der Waals surface area contributed by atoms with E-state index in [2.05, 4.69) is 62.1 Å². The summed E-state index contributed by atoms with van der Waals surface area (Å²) in [6, 6.07) is 12.6. The molecule has 1 aliphatic rings. The molecule has 0 spiro atoms. The van der Waals surface area contributed by atoms with E-state index < -0.39 is 24.5 Å². The van der Waals surface area contributed by atoms with Crippen molar-refractivity contribution in [2.24, 2.45) is 0 Å². The molecule has 1 fully saturated rings. The number of nitrogens with one attached hydrogen (secondary N) is 1. The summed E-state index contributed by atoms with van der Waals surface area (Å²) in [4.78, 5) is 12.4. The average molecular weight is 504 g/mol. The van der Waals surface area contributed by atoms with Crippen LogP contribution in [0.15, 0.2) is 49.1 Å². The number of fused-ring (bicyclic) bond motifs is 4. The Labute approximate surface area is 212 Å². The number of methoxy groups -OCH3 is 1. The summed E-state index contributed by atoms with van der Waals surface area (Å²) in [5, 5.41) is 27.1. The molecule has 1 aliphatic heterocycles. The van der Waals surface area contributed by atoms with Crippen molar-refractivity contribution in [2.45, 2.75) is 38.0 Å². The summed E-state index contributed by atoms with van der Waals surface area (Å²) in [7, 11) is 1.67. The summed E-state index contributed by atoms with van der Waals surface area (Å²) in [5.74, 6) is 1.05. The zero-order valence-electron chi connectivity index (χ0n) is 20.6. The number of ether oxygens (including phenoxy) is 2. The molecule has 0 aliphatic carbocycles. The van der Waals surface area contributed by atoms with Gasteiger partial charge in [-0.25, -0.2) is 15.0 Å². The van der Waals surface area contributed by atoms with Gasteiger partial charge in [0.05, 0.1) is 19.0 Å². The average Bonchev–Trinajstić information content (AvgIpc) is 3.55. The van der Waals surface area contributed by atoms with Crippen LogP contribution in [0.25, 0.3) is 33.0 Å². The zero-order chi connectivity index (χ0) is 25.7. The first kappa shape index (κ1) is 23.6. The minimum atomic E-state index is -1.15. The standard InChI is InChI=1S/C26H29N7O4/c1-14-3-5-16-17-6-4-15(36-2)10-19(17)32(18(16)9-14)8-7-28-11-20-22(34)23(35)26(37-20)33-13-31-21-24(27)29-12-30-25(21)33/h3-6,9-10,12-13,20,22-23,26,28,34-35H,7-8,11H2,1-2H3,(H2,27,29,30). The molecule has 0 saturated carbocycles. The number of aromatic nitrogens is 5. The van der Waals surface area contributed by atoms with Gasteiger partial charge in [-0.3, -0.25) is 4.57 Å². The zero-order valence-corrected chi connectivity index (χ0v) is 20.6. The van der Waals surface area contributed by atoms with Crippen molar-refractivity contribution < 1.29 is 19.7 Å². The fourth-order valence-electron chi connectivity index (χ4n) is 5.17. The highest BCUT2D eigenvalue weighted by molar-refractivity contribution is 6.08. The van der Waals surface area contributed by atoms with Crippen LogP contribution in [0.2, 0.25) is 0 Å². The Kier molecular flexibility index (Phi) is 5.92. The molecule has 37 heavy (non-hydrogen) atoms. The van der Waals surface area contributed by atoms with E-state index in [0.717, 1.165) is 16.8 Å². The molecular weight excluding hydrogens is 474 g/mol. The number of nitrogens with two attached hydrogens (primary N) is 1. The van der Waals surface area contributed by atoms with Crippen LogP contribution in [-0.2, 0) is 11.3 Å². The molecular formula is C26H29N7O4. The summed E-state index contributed by atoms with van der Waals surface area (Å²) in [6.45, 7) is 3.78. The lowest BCUT2D eigenvalue weighted by Crippen LogP contribution is -2.38. The second-order valence-corrected chi connectivity index (χ2v) is 9.39. The number of imidazole rings is 1. The van der Waals surface area contributed by atoms with Gasteiger partial charge >= 0.3 is 0 Å². The van der Waals surface area contributed by atoms with Crippen molar-refractivity contribution in [2.75, 3.05) is 25.9 Å². The van der Waals surface area contributed by atoms with Crippen LogP contribution in [0, 0.1) is 6.92 Å². The van der Waals surface area contributed by atoms with Crippen LogP contribution in [0.4, 0.5) is 5.82 Å². The number of benzene rings is 2. The first-order valence-corrected chi connectivity index (χ1v) is 12.2. The van der Waals surface area contributed by atoms with Gasteiger partial charge in [-0.15, -0.1) is 0 Å². The van der Waals surface area contributed by atoms with Crippen molar-refractivity contribution in [3.63, 3.8) is 0 Å². The summed E-state index contributed by atoms with van der Waals surface area (Å²) >= 11 is 0. The largest absolute Gasteiger partial charge is 0.497 e. The fourth-order valence-corrected chi connectivity index (χ4v) is 5.17. The van der Waals surface area contributed by atoms with E-state index in [-0.39, 0.29) is 5.82 Å². The molecule has 0 bridgehead atoms. The Balaban J connectivity index is 1.17. The molecule has 0 amide bonds. The Morgan fingerprint density at radius 3 is 2.65 bits per heavy atom. The summed E-state index contributed by atoms with van der Waals surface area (Å²) < 4.78 is 15.4. The second-order valence-electron chi connectivity index (χ2n) is 9.39. The van der Waals surface area contributed by atoms with Gasteiger partial charge in [0, 0.05) is 42.0 Å². The number of nitrogens with zero attached hydrogens (tertiary/aromatic N) is 5. The maximum Gasteiger partial charge on any atom is 0.167 e. The summed E-state index contributed by atoms with van der Waals surface area (Å²) in [6.07, 6.45) is -0.850. The normalized spacial score (nSPS) is 21.9. The third-order valence-corrected chi connectivity index (χ3v) is 7.09. The molecule has 2 aromatic carbocycles. The van der Waals surface area contributed by atoms with Crippen LogP contribution < -0.4 is 15.8 Å². The molecule has 6 rings (SSSR count). The third kappa shape index (κ3) is 3.96. The van der Waals surface area contributed by atoms with Gasteiger partial charge in [-0.2, -0.15) is 0 Å². The lowest BCUT2D eigenvalue weighted by atomic mass is 10.1. The number of aryl methyl sites for hydroxylation is 1. The van der Waals surface area contributed by atoms with Gasteiger partial charge in [0.25, 0.3) is 0 Å². The van der Waals surface area contributed by atoms with Crippen molar-refractivity contribution in [1.82, 2.24) is 29.4 Å². The molecule has 1 saturated heterocycles. The monoisotopic (exact) mass is 503 g/mol. The number of aliphatic hydroxyl groups is 2. The molecule has 3 aromatic heterocycles. The van der Waals surface area contributed by atoms with Gasteiger partial charge in [0.1, 0.15) is 35.9 Å². The molecule has 11 heteroatoms. The van der Waals surface area contributed by atoms with Crippen molar-refractivity contribution in [3.05, 3.63) is 54.6 Å². The Bertz CT molecular complexity index is 1600. The van der Waals surface area contributed by atoms with Crippen molar-refractivity contribution in [1.29, 1.82) is 0 Å². The molecule has 5 aromatic rings. The number of rotatable bonds is 7. The highest BCUT2D eigenvalue weighted by Crippen LogP contribution is 2.33. The summed E-state index contributed by atoms with van der Waals surface area (Å²) in [5.41, 5.74) is 10.2. The maximum absolute atomic E-state index is 10.7. The molecule has 0 radical (unpaired) electrons. The Hall–Kier alpha value is -3.77. The van der Waals surface area contributed by atoms with E-state index >= 15 is 0 Å². The van der Waals surface area contributed by atoms with Crippen molar-refractivity contribution in [3.8, 4) is 5.75 Å². The van der Waals surface area contributed by atoms with Crippen molar-refractivity contribution >= 4 is 38.8 Å². The lowest BCUT2D eigenvalue weighted by Gasteiger charge is -2.17. The molecule has 4 unspecified atom stereocenters. The lowest BCUT2D eigenvalue weighted by molar-refractivity contribution is -0.0341. The highest BCUT2D eigenvalue weighted by Gasteiger charge is 2.44. The predicted octanol–water partition coefficient (Wildman–Crippen LogP) is 1.74. The molecule has 4 heterocycles. The molecule has 11 nitrogen and oxygen atoms in total. The number of nitrogen functional groups attached to an aromatic ring is 1. The first-order chi connectivity index (χ1) is 18.0. The minimum absolute atomic E-state index is 0.243. The van der Waals surface area contributed by atoms with Gasteiger partial charge < -0.3 is 35.3 Å². The second kappa shape index (κ2) is 9.27. The smallest absolute Gasteiger partial charge is 0.167 e. The van der Waals surface area contributed by atoms with Gasteiger partial charge in [0.2, 0.25) is 0 Å². The van der Waals surface area contributed by atoms with Gasteiger partial charge in [0.15, 0.2) is 17.7 Å². The van der Waals surface area contributed by atoms with E-state index in [1.165, 1.54) is 29.0 Å². The maximum atomic E-state index is 10.7. The van der Waals surface area contributed by atoms with E-state index in [1.807, 2.05) is 6.07 Å². The van der Waals surface area contributed by atoms with Crippen LogP contribution in [0.3, 0.4) is 0 Å². The van der Waals surface area contributed by atoms with Gasteiger partial charge in [-0.1, -0.05) is 12.1 Å². The van der Waals surface area contributed by atoms with E-state index in [9.17, 15) is 10.2 Å². The van der Waals surface area contributed by atoms with Crippen LogP contribution in [-0.4, -0.2) is 72.8 Å². The first-order valence-electron chi connectivity index (χ1n) is 12.2. The minimum Gasteiger partial charge on any atom is -0.497 e. The number of hydrogen-bond acceptors (Lipinski definition) is 9. The number of aliphatic hydroxyl groups excluding tert-OH is 2.